The number of amides is 1. The molecule has 1 amide bonds. The van der Waals surface area contributed by atoms with E-state index in [2.05, 4.69) is 38.7 Å². The number of hydrogen-bond acceptors (Lipinski definition) is 5. The van der Waals surface area contributed by atoms with E-state index >= 15 is 0 Å². The number of aryl methyl sites for hydroxylation is 2. The molecule has 0 spiro atoms. The van der Waals surface area contributed by atoms with Crippen LogP contribution in [0.5, 0.6) is 0 Å². The molecule has 1 aromatic carbocycles. The van der Waals surface area contributed by atoms with Crippen LogP contribution in [0.15, 0.2) is 47.9 Å². The van der Waals surface area contributed by atoms with Crippen LogP contribution in [0, 0.1) is 0 Å². The summed E-state index contributed by atoms with van der Waals surface area (Å²) >= 11 is 1.39. The van der Waals surface area contributed by atoms with Crippen molar-refractivity contribution in [2.24, 2.45) is 7.05 Å². The fraction of sp³-hybridized carbons (Fsp3) is 0.364. The number of benzene rings is 1. The molecule has 0 radical (unpaired) electrons. The molecule has 4 rings (SSSR count). The first-order valence-electron chi connectivity index (χ1n) is 9.95. The number of thioether (sulfide) groups is 1. The third kappa shape index (κ3) is 4.50. The molecule has 29 heavy (non-hydrogen) atoms. The number of carbonyl (C=O) groups excluding carboxylic acids is 1. The maximum absolute atomic E-state index is 12.5. The molecule has 1 atom stereocenters. The minimum Gasteiger partial charge on any atom is -0.349 e. The third-order valence-corrected chi connectivity index (χ3v) is 6.38. The lowest BCUT2D eigenvalue weighted by Gasteiger charge is -2.20. The first-order chi connectivity index (χ1) is 14.1. The highest BCUT2D eigenvalue weighted by molar-refractivity contribution is 7.99. The van der Waals surface area contributed by atoms with Crippen molar-refractivity contribution in [2.75, 3.05) is 5.75 Å². The fourth-order valence-corrected chi connectivity index (χ4v) is 4.43. The van der Waals surface area contributed by atoms with E-state index in [0.29, 0.717) is 10.9 Å². The Kier molecular flexibility index (Phi) is 5.94. The molecule has 0 bridgehead atoms. The quantitative estimate of drug-likeness (QED) is 0.631. The summed E-state index contributed by atoms with van der Waals surface area (Å²) in [5, 5.41) is 12.3. The van der Waals surface area contributed by atoms with Gasteiger partial charge in [-0.05, 0) is 61.4 Å². The highest BCUT2D eigenvalue weighted by Crippen LogP contribution is 2.25. The number of aromatic nitrogens is 4. The summed E-state index contributed by atoms with van der Waals surface area (Å²) in [6, 6.07) is 10.4. The molecule has 3 aromatic rings. The lowest BCUT2D eigenvalue weighted by molar-refractivity contribution is -0.119. The molecule has 0 unspecified atom stereocenters. The van der Waals surface area contributed by atoms with Crippen molar-refractivity contribution in [3.63, 3.8) is 0 Å². The molecular formula is C22H25N5OS. The first kappa shape index (κ1) is 19.6. The van der Waals surface area contributed by atoms with Gasteiger partial charge >= 0.3 is 0 Å². The monoisotopic (exact) mass is 407 g/mol. The summed E-state index contributed by atoms with van der Waals surface area (Å²) in [5.41, 5.74) is 5.02. The van der Waals surface area contributed by atoms with Crippen molar-refractivity contribution in [3.8, 4) is 11.4 Å². The van der Waals surface area contributed by atoms with E-state index in [1.165, 1.54) is 47.7 Å². The van der Waals surface area contributed by atoms with Crippen LogP contribution >= 0.6 is 11.8 Å². The average molecular weight is 408 g/mol. The SMILES string of the molecule is C[C@H](NC(=O)CSc1nnc(-c2ccncc2)n1C)c1ccc2c(c1)CCCC2. The molecule has 2 aromatic heterocycles. The lowest BCUT2D eigenvalue weighted by Crippen LogP contribution is -2.28. The molecular weight excluding hydrogens is 382 g/mol. The number of rotatable bonds is 6. The molecule has 1 N–H and O–H groups in total. The van der Waals surface area contributed by atoms with Crippen molar-refractivity contribution in [1.29, 1.82) is 0 Å². The van der Waals surface area contributed by atoms with Crippen LogP contribution in [0.3, 0.4) is 0 Å². The fourth-order valence-electron chi connectivity index (χ4n) is 3.71. The number of carbonyl (C=O) groups is 1. The van der Waals surface area contributed by atoms with Crippen LogP contribution in [0.1, 0.15) is 42.5 Å². The van der Waals surface area contributed by atoms with E-state index in [4.69, 9.17) is 0 Å². The zero-order chi connectivity index (χ0) is 20.2. The Morgan fingerprint density at radius 2 is 1.90 bits per heavy atom. The molecule has 0 saturated carbocycles. The van der Waals surface area contributed by atoms with E-state index in [-0.39, 0.29) is 11.9 Å². The summed E-state index contributed by atoms with van der Waals surface area (Å²) in [5.74, 6) is 1.06. The largest absolute Gasteiger partial charge is 0.349 e. The number of hydrogen-bond donors (Lipinski definition) is 1. The predicted octanol–water partition coefficient (Wildman–Crippen LogP) is 3.73. The van der Waals surface area contributed by atoms with E-state index in [1.807, 2.05) is 30.7 Å². The van der Waals surface area contributed by atoms with Gasteiger partial charge in [-0.15, -0.1) is 10.2 Å². The van der Waals surface area contributed by atoms with Gasteiger partial charge in [-0.2, -0.15) is 0 Å². The van der Waals surface area contributed by atoms with Gasteiger partial charge < -0.3 is 9.88 Å². The smallest absolute Gasteiger partial charge is 0.230 e. The highest BCUT2D eigenvalue weighted by Gasteiger charge is 2.16. The van der Waals surface area contributed by atoms with Gasteiger partial charge in [0.05, 0.1) is 11.8 Å². The molecule has 0 aliphatic heterocycles. The molecule has 1 aliphatic rings. The van der Waals surface area contributed by atoms with Gasteiger partial charge in [0.25, 0.3) is 0 Å². The van der Waals surface area contributed by atoms with Gasteiger partial charge in [-0.25, -0.2) is 0 Å². The van der Waals surface area contributed by atoms with Crippen molar-refractivity contribution < 1.29 is 4.79 Å². The summed E-state index contributed by atoms with van der Waals surface area (Å²) in [6.07, 6.45) is 8.31. The van der Waals surface area contributed by atoms with E-state index in [1.54, 1.807) is 12.4 Å². The molecule has 150 valence electrons. The van der Waals surface area contributed by atoms with Crippen LogP contribution < -0.4 is 5.32 Å². The molecule has 7 heteroatoms. The lowest BCUT2D eigenvalue weighted by atomic mass is 9.89. The summed E-state index contributed by atoms with van der Waals surface area (Å²) in [7, 11) is 1.91. The van der Waals surface area contributed by atoms with E-state index < -0.39 is 0 Å². The second-order valence-electron chi connectivity index (χ2n) is 7.41. The molecule has 0 fully saturated rings. The number of fused-ring (bicyclic) bond motifs is 1. The van der Waals surface area contributed by atoms with Gasteiger partial charge in [0.15, 0.2) is 11.0 Å². The van der Waals surface area contributed by atoms with Crippen LogP contribution in [-0.4, -0.2) is 31.4 Å². The van der Waals surface area contributed by atoms with Gasteiger partial charge in [-0.3, -0.25) is 9.78 Å². The van der Waals surface area contributed by atoms with E-state index in [9.17, 15) is 4.79 Å². The Hall–Kier alpha value is -2.67. The Bertz CT molecular complexity index is 1000. The third-order valence-electron chi connectivity index (χ3n) is 5.36. The van der Waals surface area contributed by atoms with Gasteiger partial charge in [0, 0.05) is 25.0 Å². The predicted molar refractivity (Wildman–Crippen MR) is 115 cm³/mol. The van der Waals surface area contributed by atoms with Crippen LogP contribution in [0.25, 0.3) is 11.4 Å². The molecule has 6 nitrogen and oxygen atoms in total. The van der Waals surface area contributed by atoms with Crippen molar-refractivity contribution in [3.05, 3.63) is 59.4 Å². The van der Waals surface area contributed by atoms with Gasteiger partial charge in [0.2, 0.25) is 5.91 Å². The van der Waals surface area contributed by atoms with Crippen LogP contribution in [0.4, 0.5) is 0 Å². The van der Waals surface area contributed by atoms with Crippen molar-refractivity contribution in [1.82, 2.24) is 25.1 Å². The molecule has 0 saturated heterocycles. The summed E-state index contributed by atoms with van der Waals surface area (Å²) in [4.78, 5) is 16.5. The Labute approximate surface area is 175 Å². The number of nitrogens with zero attached hydrogens (tertiary/aromatic N) is 4. The molecule has 2 heterocycles. The van der Waals surface area contributed by atoms with Crippen molar-refractivity contribution in [2.45, 2.75) is 43.8 Å². The zero-order valence-corrected chi connectivity index (χ0v) is 17.6. The van der Waals surface area contributed by atoms with Gasteiger partial charge in [0.1, 0.15) is 0 Å². The minimum absolute atomic E-state index is 0.00585. The Morgan fingerprint density at radius 3 is 2.69 bits per heavy atom. The Balaban J connectivity index is 1.35. The van der Waals surface area contributed by atoms with E-state index in [0.717, 1.165) is 17.8 Å². The number of nitrogens with one attached hydrogen (secondary N) is 1. The second kappa shape index (κ2) is 8.78. The van der Waals surface area contributed by atoms with Crippen LogP contribution in [0.2, 0.25) is 0 Å². The second-order valence-corrected chi connectivity index (χ2v) is 8.36. The Morgan fingerprint density at radius 1 is 1.14 bits per heavy atom. The maximum atomic E-state index is 12.5. The minimum atomic E-state index is -0.0118. The zero-order valence-electron chi connectivity index (χ0n) is 16.8. The summed E-state index contributed by atoms with van der Waals surface area (Å²) < 4.78 is 1.90. The molecule has 1 aliphatic carbocycles. The van der Waals surface area contributed by atoms with Gasteiger partial charge in [-0.1, -0.05) is 30.0 Å². The maximum Gasteiger partial charge on any atom is 0.230 e. The topological polar surface area (TPSA) is 72.7 Å². The summed E-state index contributed by atoms with van der Waals surface area (Å²) in [6.45, 7) is 2.04. The standard InChI is InChI=1S/C22H25N5OS/c1-15(18-8-7-16-5-3-4-6-19(16)13-18)24-20(28)14-29-22-26-25-21(27(22)2)17-9-11-23-12-10-17/h7-13,15H,3-6,14H2,1-2H3,(H,24,28)/t15-/m0/s1. The average Bonchev–Trinajstić information content (AvgIpc) is 3.12. The highest BCUT2D eigenvalue weighted by atomic mass is 32.2. The first-order valence-corrected chi connectivity index (χ1v) is 10.9. The number of pyridine rings is 1. The van der Waals surface area contributed by atoms with Crippen molar-refractivity contribution >= 4 is 17.7 Å². The normalized spacial score (nSPS) is 14.3. The van der Waals surface area contributed by atoms with Crippen LogP contribution in [-0.2, 0) is 24.7 Å².